The maximum atomic E-state index is 13.3. The summed E-state index contributed by atoms with van der Waals surface area (Å²) >= 11 is 0. The fourth-order valence-corrected chi connectivity index (χ4v) is 4.52. The van der Waals surface area contributed by atoms with Crippen molar-refractivity contribution in [3.63, 3.8) is 0 Å². The summed E-state index contributed by atoms with van der Waals surface area (Å²) in [6.45, 7) is 13.8. The van der Waals surface area contributed by atoms with Crippen molar-refractivity contribution in [3.8, 4) is 11.5 Å². The number of carbonyl (C=O) groups excluding carboxylic acids is 2. The minimum atomic E-state index is -0.735. The molecular formula is C30H40N2O5. The van der Waals surface area contributed by atoms with E-state index >= 15 is 0 Å². The van der Waals surface area contributed by atoms with Crippen LogP contribution < -0.4 is 9.47 Å². The van der Waals surface area contributed by atoms with E-state index < -0.39 is 17.7 Å². The van der Waals surface area contributed by atoms with Crippen LogP contribution in [0.1, 0.15) is 63.3 Å². The van der Waals surface area contributed by atoms with Gasteiger partial charge in [0.15, 0.2) is 11.5 Å². The molecular weight excluding hydrogens is 468 g/mol. The number of nitrogens with zero attached hydrogens (tertiary/aromatic N) is 2. The smallest absolute Gasteiger partial charge is 0.295 e. The molecule has 1 aliphatic rings. The number of benzene rings is 2. The Morgan fingerprint density at radius 1 is 0.973 bits per heavy atom. The van der Waals surface area contributed by atoms with Crippen molar-refractivity contribution < 1.29 is 24.2 Å². The monoisotopic (exact) mass is 508 g/mol. The van der Waals surface area contributed by atoms with E-state index in [-0.39, 0.29) is 11.3 Å². The van der Waals surface area contributed by atoms with Gasteiger partial charge in [0.25, 0.3) is 11.7 Å². The number of likely N-dealkylation sites (tertiary alicyclic amines) is 1. The van der Waals surface area contributed by atoms with E-state index in [1.807, 2.05) is 44.2 Å². The Balaban J connectivity index is 2.11. The topological polar surface area (TPSA) is 79.3 Å². The van der Waals surface area contributed by atoms with Crippen LogP contribution in [0.25, 0.3) is 5.76 Å². The second-order valence-electron chi connectivity index (χ2n) is 9.23. The van der Waals surface area contributed by atoms with Crippen LogP contribution in [0, 0.1) is 6.92 Å². The van der Waals surface area contributed by atoms with Gasteiger partial charge in [0.2, 0.25) is 0 Å². The SMILES string of the molecule is CCCCOc1ccc(C2/C(=C(\O)c3ccc(C)cc3)C(=O)C(=O)N2CCN(CC)CC)cc1OCC. The molecule has 1 atom stereocenters. The third kappa shape index (κ3) is 6.52. The minimum absolute atomic E-state index is 0.0931. The van der Waals surface area contributed by atoms with Crippen LogP contribution in [0.3, 0.4) is 0 Å². The molecule has 1 aliphatic heterocycles. The van der Waals surface area contributed by atoms with E-state index in [0.29, 0.717) is 48.9 Å². The van der Waals surface area contributed by atoms with E-state index in [0.717, 1.165) is 31.5 Å². The van der Waals surface area contributed by atoms with Gasteiger partial charge in [-0.25, -0.2) is 0 Å². The molecule has 0 aromatic heterocycles. The Morgan fingerprint density at radius 2 is 1.68 bits per heavy atom. The molecule has 1 heterocycles. The predicted octanol–water partition coefficient (Wildman–Crippen LogP) is 5.34. The zero-order valence-electron chi connectivity index (χ0n) is 22.8. The van der Waals surface area contributed by atoms with Crippen LogP contribution in [-0.4, -0.2) is 66.0 Å². The summed E-state index contributed by atoms with van der Waals surface area (Å²) in [6.07, 6.45) is 1.94. The lowest BCUT2D eigenvalue weighted by atomic mass is 9.94. The Kier molecular flexibility index (Phi) is 10.1. The van der Waals surface area contributed by atoms with E-state index in [1.165, 1.54) is 0 Å². The lowest BCUT2D eigenvalue weighted by Gasteiger charge is -2.28. The summed E-state index contributed by atoms with van der Waals surface area (Å²) in [4.78, 5) is 30.4. The van der Waals surface area contributed by atoms with Gasteiger partial charge in [0.1, 0.15) is 5.76 Å². The third-order valence-electron chi connectivity index (χ3n) is 6.76. The van der Waals surface area contributed by atoms with Crippen molar-refractivity contribution in [2.24, 2.45) is 0 Å². The molecule has 0 spiro atoms. The third-order valence-corrected chi connectivity index (χ3v) is 6.76. The number of unbranched alkanes of at least 4 members (excludes halogenated alkanes) is 1. The first-order chi connectivity index (χ1) is 17.9. The lowest BCUT2D eigenvalue weighted by molar-refractivity contribution is -0.140. The number of hydrogen-bond donors (Lipinski definition) is 1. The molecule has 1 N–H and O–H groups in total. The van der Waals surface area contributed by atoms with E-state index in [1.54, 1.807) is 17.0 Å². The molecule has 0 aliphatic carbocycles. The second-order valence-corrected chi connectivity index (χ2v) is 9.23. The highest BCUT2D eigenvalue weighted by Crippen LogP contribution is 2.42. The number of aliphatic hydroxyl groups excluding tert-OH is 1. The largest absolute Gasteiger partial charge is 0.507 e. The molecule has 0 radical (unpaired) electrons. The normalized spacial score (nSPS) is 17.0. The van der Waals surface area contributed by atoms with Crippen molar-refractivity contribution in [1.82, 2.24) is 9.80 Å². The van der Waals surface area contributed by atoms with Gasteiger partial charge in [0, 0.05) is 18.7 Å². The van der Waals surface area contributed by atoms with Crippen molar-refractivity contribution in [2.45, 2.75) is 53.5 Å². The Labute approximate surface area is 220 Å². The molecule has 37 heavy (non-hydrogen) atoms. The van der Waals surface area contributed by atoms with Gasteiger partial charge >= 0.3 is 0 Å². The maximum Gasteiger partial charge on any atom is 0.295 e. The minimum Gasteiger partial charge on any atom is -0.507 e. The average Bonchev–Trinajstić information content (AvgIpc) is 3.15. The summed E-state index contributed by atoms with van der Waals surface area (Å²) in [7, 11) is 0. The summed E-state index contributed by atoms with van der Waals surface area (Å²) < 4.78 is 11.8. The van der Waals surface area contributed by atoms with Gasteiger partial charge in [-0.3, -0.25) is 9.59 Å². The molecule has 0 saturated carbocycles. The van der Waals surface area contributed by atoms with Gasteiger partial charge in [-0.2, -0.15) is 0 Å². The summed E-state index contributed by atoms with van der Waals surface area (Å²) in [5, 5.41) is 11.3. The fourth-order valence-electron chi connectivity index (χ4n) is 4.52. The molecule has 7 nitrogen and oxygen atoms in total. The number of carbonyl (C=O) groups is 2. The lowest BCUT2D eigenvalue weighted by Crippen LogP contribution is -2.38. The molecule has 1 unspecified atom stereocenters. The highest BCUT2D eigenvalue weighted by atomic mass is 16.5. The molecule has 200 valence electrons. The number of aliphatic hydroxyl groups is 1. The fraction of sp³-hybridized carbons (Fsp3) is 0.467. The Hall–Kier alpha value is -3.32. The van der Waals surface area contributed by atoms with Crippen molar-refractivity contribution >= 4 is 17.4 Å². The van der Waals surface area contributed by atoms with Crippen LogP contribution >= 0.6 is 0 Å². The van der Waals surface area contributed by atoms with Crippen molar-refractivity contribution in [1.29, 1.82) is 0 Å². The first kappa shape index (κ1) is 28.3. The molecule has 0 bridgehead atoms. The zero-order valence-corrected chi connectivity index (χ0v) is 22.8. The summed E-state index contributed by atoms with van der Waals surface area (Å²) in [5.74, 6) is -0.274. The van der Waals surface area contributed by atoms with E-state index in [4.69, 9.17) is 9.47 Å². The standard InChI is InChI=1S/C30H40N2O5/c1-6-10-19-37-24-16-15-23(20-25(24)36-9-4)27-26(28(33)22-13-11-21(5)12-14-22)29(34)30(35)32(27)18-17-31(7-2)8-3/h11-16,20,27,33H,6-10,17-19H2,1-5H3/b28-26+. The molecule has 2 aromatic rings. The summed E-state index contributed by atoms with van der Waals surface area (Å²) in [6, 6.07) is 12.0. The number of rotatable bonds is 13. The van der Waals surface area contributed by atoms with E-state index in [2.05, 4.69) is 25.7 Å². The zero-order chi connectivity index (χ0) is 26.9. The summed E-state index contributed by atoms with van der Waals surface area (Å²) in [5.41, 5.74) is 2.32. The van der Waals surface area contributed by atoms with Crippen LogP contribution in [0.4, 0.5) is 0 Å². The Bertz CT molecular complexity index is 1110. The molecule has 1 amide bonds. The van der Waals surface area contributed by atoms with E-state index in [9.17, 15) is 14.7 Å². The van der Waals surface area contributed by atoms with Gasteiger partial charge in [-0.15, -0.1) is 0 Å². The number of likely N-dealkylation sites (N-methyl/N-ethyl adjacent to an activating group) is 1. The predicted molar refractivity (Wildman–Crippen MR) is 146 cm³/mol. The molecule has 1 saturated heterocycles. The van der Waals surface area contributed by atoms with Gasteiger partial charge in [-0.05, 0) is 51.1 Å². The Morgan fingerprint density at radius 3 is 2.30 bits per heavy atom. The average molecular weight is 509 g/mol. The number of ketones is 1. The van der Waals surface area contributed by atoms with Crippen molar-refractivity contribution in [2.75, 3.05) is 39.4 Å². The second kappa shape index (κ2) is 13.3. The van der Waals surface area contributed by atoms with Gasteiger partial charge in [-0.1, -0.05) is 63.1 Å². The maximum absolute atomic E-state index is 13.3. The highest BCUT2D eigenvalue weighted by molar-refractivity contribution is 6.46. The molecule has 1 fully saturated rings. The van der Waals surface area contributed by atoms with Crippen LogP contribution in [0.15, 0.2) is 48.0 Å². The molecule has 3 rings (SSSR count). The van der Waals surface area contributed by atoms with Gasteiger partial charge < -0.3 is 24.4 Å². The van der Waals surface area contributed by atoms with Crippen LogP contribution in [0.5, 0.6) is 11.5 Å². The van der Waals surface area contributed by atoms with Gasteiger partial charge in [0.05, 0.1) is 24.8 Å². The number of ether oxygens (including phenoxy) is 2. The number of amides is 1. The van der Waals surface area contributed by atoms with Crippen LogP contribution in [-0.2, 0) is 9.59 Å². The highest BCUT2D eigenvalue weighted by Gasteiger charge is 2.46. The first-order valence-electron chi connectivity index (χ1n) is 13.3. The number of aryl methyl sites for hydroxylation is 1. The molecule has 2 aromatic carbocycles. The van der Waals surface area contributed by atoms with Crippen LogP contribution in [0.2, 0.25) is 0 Å². The number of Topliss-reactive ketones (excluding diaryl/α,β-unsaturated/α-hetero) is 1. The quantitative estimate of drug-likeness (QED) is 0.170. The number of hydrogen-bond acceptors (Lipinski definition) is 6. The first-order valence-corrected chi connectivity index (χ1v) is 13.3. The van der Waals surface area contributed by atoms with Crippen molar-refractivity contribution in [3.05, 3.63) is 64.7 Å². The molecule has 7 heteroatoms.